The monoisotopic (exact) mass is 240 g/mol. The van der Waals surface area contributed by atoms with Crippen molar-refractivity contribution in [3.05, 3.63) is 72.2 Å². The van der Waals surface area contributed by atoms with Gasteiger partial charge in [-0.2, -0.15) is 0 Å². The molecule has 0 bridgehead atoms. The predicted octanol–water partition coefficient (Wildman–Crippen LogP) is 4.23. The van der Waals surface area contributed by atoms with E-state index in [4.69, 9.17) is 9.47 Å². The fourth-order valence-corrected chi connectivity index (χ4v) is 1.59. The first-order chi connectivity index (χ1) is 8.74. The van der Waals surface area contributed by atoms with Crippen LogP contribution in [0.2, 0.25) is 0 Å². The smallest absolute Gasteiger partial charge is 0.126 e. The van der Waals surface area contributed by atoms with Crippen LogP contribution in [0.1, 0.15) is 11.1 Å². The maximum atomic E-state index is 5.43. The number of hydrogen-bond donors (Lipinski definition) is 0. The van der Waals surface area contributed by atoms with Crippen LogP contribution in [0, 0.1) is 13.8 Å². The molecule has 0 atom stereocenters. The normalized spacial score (nSPS) is 10.6. The zero-order valence-corrected chi connectivity index (χ0v) is 10.6. The minimum absolute atomic E-state index is 0.805. The molecule has 0 aromatic heterocycles. The van der Waals surface area contributed by atoms with Gasteiger partial charge in [-0.05, 0) is 49.2 Å². The Bertz CT molecular complexity index is 495. The van der Waals surface area contributed by atoms with E-state index < -0.39 is 0 Å². The molecule has 0 saturated carbocycles. The lowest BCUT2D eigenvalue weighted by molar-refractivity contribution is 0.421. The second-order valence-electron chi connectivity index (χ2n) is 4.14. The van der Waals surface area contributed by atoms with Crippen molar-refractivity contribution in [3.8, 4) is 11.5 Å². The van der Waals surface area contributed by atoms with E-state index in [0.29, 0.717) is 0 Å². The Morgan fingerprint density at radius 2 is 1.17 bits per heavy atom. The third-order valence-corrected chi connectivity index (χ3v) is 2.44. The van der Waals surface area contributed by atoms with Gasteiger partial charge in [-0.3, -0.25) is 0 Å². The fraction of sp³-hybridized carbons (Fsp3) is 0.125. The Kier molecular flexibility index (Phi) is 4.02. The maximum Gasteiger partial charge on any atom is 0.126 e. The lowest BCUT2D eigenvalue weighted by Crippen LogP contribution is -1.87. The molecule has 2 aromatic rings. The summed E-state index contributed by atoms with van der Waals surface area (Å²) in [7, 11) is 0. The van der Waals surface area contributed by atoms with E-state index in [2.05, 4.69) is 0 Å². The topological polar surface area (TPSA) is 18.5 Å². The summed E-state index contributed by atoms with van der Waals surface area (Å²) in [6.07, 6.45) is 3.08. The average molecular weight is 240 g/mol. The molecule has 2 nitrogen and oxygen atoms in total. The largest absolute Gasteiger partial charge is 0.462 e. The predicted molar refractivity (Wildman–Crippen MR) is 72.8 cm³/mol. The van der Waals surface area contributed by atoms with E-state index in [0.717, 1.165) is 11.5 Å². The first-order valence-electron chi connectivity index (χ1n) is 5.86. The lowest BCUT2D eigenvalue weighted by atomic mass is 10.2. The highest BCUT2D eigenvalue weighted by atomic mass is 16.5. The van der Waals surface area contributed by atoms with Gasteiger partial charge in [-0.1, -0.05) is 24.3 Å². The van der Waals surface area contributed by atoms with Crippen molar-refractivity contribution < 1.29 is 9.47 Å². The van der Waals surface area contributed by atoms with Gasteiger partial charge in [-0.15, -0.1) is 0 Å². The van der Waals surface area contributed by atoms with Crippen LogP contribution in [-0.4, -0.2) is 0 Å². The van der Waals surface area contributed by atoms with Crippen molar-refractivity contribution in [1.82, 2.24) is 0 Å². The number of rotatable bonds is 4. The van der Waals surface area contributed by atoms with Gasteiger partial charge in [0.25, 0.3) is 0 Å². The quantitative estimate of drug-likeness (QED) is 0.744. The summed E-state index contributed by atoms with van der Waals surface area (Å²) in [5.74, 6) is 1.61. The average Bonchev–Trinajstić information content (AvgIpc) is 2.35. The Labute approximate surface area is 107 Å². The summed E-state index contributed by atoms with van der Waals surface area (Å²) in [5.41, 5.74) is 2.33. The van der Waals surface area contributed by atoms with Crippen molar-refractivity contribution in [2.24, 2.45) is 0 Å². The van der Waals surface area contributed by atoms with Gasteiger partial charge in [0.1, 0.15) is 24.0 Å². The fourth-order valence-electron chi connectivity index (χ4n) is 1.59. The van der Waals surface area contributed by atoms with Crippen molar-refractivity contribution in [2.45, 2.75) is 13.8 Å². The second-order valence-corrected chi connectivity index (χ2v) is 4.14. The number of hydrogen-bond acceptors (Lipinski definition) is 2. The van der Waals surface area contributed by atoms with Gasteiger partial charge in [0, 0.05) is 0 Å². The van der Waals surface area contributed by atoms with E-state index in [-0.39, 0.29) is 0 Å². The Hall–Kier alpha value is -2.22. The molecule has 0 saturated heterocycles. The second kappa shape index (κ2) is 5.92. The van der Waals surface area contributed by atoms with Gasteiger partial charge in [-0.25, -0.2) is 0 Å². The first-order valence-corrected chi connectivity index (χ1v) is 5.86. The van der Waals surface area contributed by atoms with Crippen molar-refractivity contribution in [2.75, 3.05) is 0 Å². The zero-order chi connectivity index (χ0) is 12.8. The molecular formula is C16H16O2. The molecule has 0 aliphatic heterocycles. The van der Waals surface area contributed by atoms with Crippen LogP contribution in [0.3, 0.4) is 0 Å². The highest BCUT2D eigenvalue weighted by Gasteiger charge is 1.92. The standard InChI is InChI=1S/C16H16O2/c1-13-5-3-7-15(11-13)17-9-10-18-16-8-4-6-14(2)12-16/h3-12H,1-2H3/b10-9+. The van der Waals surface area contributed by atoms with Gasteiger partial charge in [0.15, 0.2) is 0 Å². The van der Waals surface area contributed by atoms with Crippen LogP contribution < -0.4 is 9.47 Å². The number of aryl methyl sites for hydroxylation is 2. The number of benzene rings is 2. The molecular weight excluding hydrogens is 224 g/mol. The van der Waals surface area contributed by atoms with Crippen molar-refractivity contribution >= 4 is 0 Å². The Balaban J connectivity index is 1.89. The lowest BCUT2D eigenvalue weighted by Gasteiger charge is -2.02. The van der Waals surface area contributed by atoms with Crippen LogP contribution in [0.4, 0.5) is 0 Å². The molecule has 2 heteroatoms. The molecule has 0 amide bonds. The highest BCUT2D eigenvalue weighted by molar-refractivity contribution is 5.29. The maximum absolute atomic E-state index is 5.43. The molecule has 18 heavy (non-hydrogen) atoms. The summed E-state index contributed by atoms with van der Waals surface area (Å²) in [6, 6.07) is 15.7. The number of ether oxygens (including phenoxy) is 2. The summed E-state index contributed by atoms with van der Waals surface area (Å²) < 4.78 is 10.9. The van der Waals surface area contributed by atoms with Gasteiger partial charge < -0.3 is 9.47 Å². The van der Waals surface area contributed by atoms with Crippen LogP contribution in [0.25, 0.3) is 0 Å². The van der Waals surface area contributed by atoms with Crippen LogP contribution in [0.5, 0.6) is 11.5 Å². The van der Waals surface area contributed by atoms with Crippen LogP contribution in [0.15, 0.2) is 61.1 Å². The van der Waals surface area contributed by atoms with E-state index in [1.54, 1.807) is 0 Å². The summed E-state index contributed by atoms with van der Waals surface area (Å²) in [6.45, 7) is 4.06. The molecule has 0 radical (unpaired) electrons. The Morgan fingerprint density at radius 1 is 0.722 bits per heavy atom. The molecule has 0 spiro atoms. The summed E-state index contributed by atoms with van der Waals surface area (Å²) >= 11 is 0. The van der Waals surface area contributed by atoms with E-state index in [9.17, 15) is 0 Å². The van der Waals surface area contributed by atoms with Crippen molar-refractivity contribution in [3.63, 3.8) is 0 Å². The highest BCUT2D eigenvalue weighted by Crippen LogP contribution is 2.14. The summed E-state index contributed by atoms with van der Waals surface area (Å²) in [5, 5.41) is 0. The van der Waals surface area contributed by atoms with Crippen molar-refractivity contribution in [1.29, 1.82) is 0 Å². The minimum atomic E-state index is 0.805. The van der Waals surface area contributed by atoms with E-state index in [1.165, 1.54) is 23.7 Å². The third-order valence-electron chi connectivity index (χ3n) is 2.44. The zero-order valence-electron chi connectivity index (χ0n) is 10.6. The molecule has 0 N–H and O–H groups in total. The molecule has 0 aliphatic carbocycles. The molecule has 2 rings (SSSR count). The molecule has 0 fully saturated rings. The van der Waals surface area contributed by atoms with Gasteiger partial charge in [0.2, 0.25) is 0 Å². The van der Waals surface area contributed by atoms with Gasteiger partial charge in [0.05, 0.1) is 0 Å². The van der Waals surface area contributed by atoms with E-state index in [1.807, 2.05) is 62.4 Å². The summed E-state index contributed by atoms with van der Waals surface area (Å²) in [4.78, 5) is 0. The molecule has 0 heterocycles. The molecule has 2 aromatic carbocycles. The molecule has 0 aliphatic rings. The molecule has 0 unspecified atom stereocenters. The van der Waals surface area contributed by atoms with Gasteiger partial charge >= 0.3 is 0 Å². The van der Waals surface area contributed by atoms with E-state index >= 15 is 0 Å². The molecule has 92 valence electrons. The van der Waals surface area contributed by atoms with Crippen LogP contribution in [-0.2, 0) is 0 Å². The van der Waals surface area contributed by atoms with Crippen LogP contribution >= 0.6 is 0 Å². The minimum Gasteiger partial charge on any atom is -0.462 e. The SMILES string of the molecule is Cc1cccc(O/C=C/Oc2cccc(C)c2)c1. The third kappa shape index (κ3) is 3.67. The first kappa shape index (κ1) is 12.2. The Morgan fingerprint density at radius 3 is 1.56 bits per heavy atom.